The SMILES string of the molecule is C=C1OC(C)=C(c2ccccc2F)C(=O)N1CCc1ccccc1. The van der Waals surface area contributed by atoms with Gasteiger partial charge in [0, 0.05) is 12.1 Å². The maximum atomic E-state index is 14.1. The van der Waals surface area contributed by atoms with Crippen LogP contribution >= 0.6 is 0 Å². The third-order valence-electron chi connectivity index (χ3n) is 3.99. The maximum Gasteiger partial charge on any atom is 0.264 e. The largest absolute Gasteiger partial charge is 0.445 e. The summed E-state index contributed by atoms with van der Waals surface area (Å²) in [6.07, 6.45) is 0.665. The van der Waals surface area contributed by atoms with Crippen molar-refractivity contribution in [3.05, 3.63) is 89.8 Å². The fourth-order valence-corrected chi connectivity index (χ4v) is 2.76. The number of rotatable bonds is 4. The van der Waals surface area contributed by atoms with Crippen LogP contribution in [0, 0.1) is 5.82 Å². The van der Waals surface area contributed by atoms with Crippen LogP contribution in [0.25, 0.3) is 5.57 Å². The van der Waals surface area contributed by atoms with E-state index in [2.05, 4.69) is 6.58 Å². The average Bonchev–Trinajstić information content (AvgIpc) is 2.57. The van der Waals surface area contributed by atoms with Crippen molar-refractivity contribution in [2.24, 2.45) is 0 Å². The molecule has 0 N–H and O–H groups in total. The monoisotopic (exact) mass is 323 g/mol. The molecule has 0 saturated carbocycles. The number of allylic oxidation sites excluding steroid dienone is 1. The molecule has 1 aliphatic heterocycles. The summed E-state index contributed by atoms with van der Waals surface area (Å²) < 4.78 is 19.7. The predicted octanol–water partition coefficient (Wildman–Crippen LogP) is 4.13. The zero-order chi connectivity index (χ0) is 17.1. The van der Waals surface area contributed by atoms with Crippen molar-refractivity contribution in [2.75, 3.05) is 6.54 Å². The van der Waals surface area contributed by atoms with Crippen LogP contribution in [-0.2, 0) is 16.0 Å². The summed E-state index contributed by atoms with van der Waals surface area (Å²) in [6.45, 7) is 5.89. The lowest BCUT2D eigenvalue weighted by molar-refractivity contribution is -0.126. The average molecular weight is 323 g/mol. The standard InChI is InChI=1S/C20H18FNO2/c1-14-19(17-10-6-7-11-18(17)21)20(23)22(15(2)24-14)13-12-16-8-4-3-5-9-16/h3-11H,2,12-13H2,1H3. The van der Waals surface area contributed by atoms with Gasteiger partial charge >= 0.3 is 0 Å². The molecule has 1 heterocycles. The van der Waals surface area contributed by atoms with Gasteiger partial charge < -0.3 is 4.74 Å². The van der Waals surface area contributed by atoms with Crippen molar-refractivity contribution in [2.45, 2.75) is 13.3 Å². The zero-order valence-corrected chi connectivity index (χ0v) is 13.5. The van der Waals surface area contributed by atoms with Crippen LogP contribution in [0.4, 0.5) is 4.39 Å². The summed E-state index contributed by atoms with van der Waals surface area (Å²) in [7, 11) is 0. The fraction of sp³-hybridized carbons (Fsp3) is 0.150. The van der Waals surface area contributed by atoms with Gasteiger partial charge in [0.1, 0.15) is 11.6 Å². The number of halogens is 1. The highest BCUT2D eigenvalue weighted by Crippen LogP contribution is 2.31. The van der Waals surface area contributed by atoms with Crippen molar-refractivity contribution >= 4 is 11.5 Å². The molecule has 0 fully saturated rings. The molecule has 3 nitrogen and oxygen atoms in total. The Morgan fingerprint density at radius 3 is 2.46 bits per heavy atom. The summed E-state index contributed by atoms with van der Waals surface area (Å²) in [5, 5.41) is 0. The van der Waals surface area contributed by atoms with E-state index >= 15 is 0 Å². The molecule has 2 aromatic rings. The van der Waals surface area contributed by atoms with E-state index in [9.17, 15) is 9.18 Å². The summed E-state index contributed by atoms with van der Waals surface area (Å²) in [4.78, 5) is 14.3. The first-order valence-corrected chi connectivity index (χ1v) is 7.76. The van der Waals surface area contributed by atoms with E-state index in [1.54, 1.807) is 25.1 Å². The van der Waals surface area contributed by atoms with Crippen LogP contribution < -0.4 is 0 Å². The van der Waals surface area contributed by atoms with Gasteiger partial charge in [0.15, 0.2) is 5.88 Å². The second kappa shape index (κ2) is 6.71. The minimum atomic E-state index is -0.445. The summed E-state index contributed by atoms with van der Waals surface area (Å²) in [6, 6.07) is 16.0. The van der Waals surface area contributed by atoms with Gasteiger partial charge in [-0.1, -0.05) is 48.5 Å². The van der Waals surface area contributed by atoms with Crippen molar-refractivity contribution in [3.8, 4) is 0 Å². The first kappa shape index (κ1) is 16.0. The third-order valence-corrected chi connectivity index (χ3v) is 3.99. The molecule has 3 rings (SSSR count). The summed E-state index contributed by atoms with van der Waals surface area (Å²) in [5.41, 5.74) is 1.60. The Labute approximate surface area is 140 Å². The molecular weight excluding hydrogens is 305 g/mol. The topological polar surface area (TPSA) is 29.5 Å². The van der Waals surface area contributed by atoms with E-state index in [-0.39, 0.29) is 22.9 Å². The maximum absolute atomic E-state index is 14.1. The second-order valence-corrected chi connectivity index (χ2v) is 5.60. The van der Waals surface area contributed by atoms with E-state index in [0.717, 1.165) is 5.56 Å². The Kier molecular flexibility index (Phi) is 4.47. The summed E-state index contributed by atoms with van der Waals surface area (Å²) in [5.74, 6) is -0.0938. The number of carbonyl (C=O) groups is 1. The molecule has 24 heavy (non-hydrogen) atoms. The fourth-order valence-electron chi connectivity index (χ4n) is 2.76. The number of carbonyl (C=O) groups excluding carboxylic acids is 1. The molecule has 0 atom stereocenters. The first-order chi connectivity index (χ1) is 11.6. The molecule has 0 bridgehead atoms. The molecule has 0 radical (unpaired) electrons. The quantitative estimate of drug-likeness (QED) is 0.847. The van der Waals surface area contributed by atoms with Crippen LogP contribution in [0.1, 0.15) is 18.1 Å². The van der Waals surface area contributed by atoms with E-state index in [0.29, 0.717) is 18.7 Å². The van der Waals surface area contributed by atoms with E-state index in [4.69, 9.17) is 4.74 Å². The molecule has 1 aliphatic rings. The van der Waals surface area contributed by atoms with Crippen LogP contribution in [-0.4, -0.2) is 17.4 Å². The molecule has 1 amide bonds. The van der Waals surface area contributed by atoms with Gasteiger partial charge in [-0.05, 0) is 31.6 Å². The molecule has 0 aliphatic carbocycles. The van der Waals surface area contributed by atoms with Crippen LogP contribution in [0.3, 0.4) is 0 Å². The first-order valence-electron chi connectivity index (χ1n) is 7.76. The highest BCUT2D eigenvalue weighted by molar-refractivity contribution is 6.21. The highest BCUT2D eigenvalue weighted by Gasteiger charge is 2.31. The minimum absolute atomic E-state index is 0.244. The molecule has 2 aromatic carbocycles. The predicted molar refractivity (Wildman–Crippen MR) is 91.1 cm³/mol. The van der Waals surface area contributed by atoms with Crippen molar-refractivity contribution in [1.82, 2.24) is 4.90 Å². The molecule has 4 heteroatoms. The number of hydrogen-bond donors (Lipinski definition) is 0. The smallest absolute Gasteiger partial charge is 0.264 e. The Morgan fingerprint density at radius 1 is 1.08 bits per heavy atom. The Hall–Kier alpha value is -2.88. The Bertz CT molecular complexity index is 811. The Balaban J connectivity index is 1.87. The number of amides is 1. The highest BCUT2D eigenvalue weighted by atomic mass is 19.1. The number of nitrogens with zero attached hydrogens (tertiary/aromatic N) is 1. The minimum Gasteiger partial charge on any atom is -0.445 e. The van der Waals surface area contributed by atoms with Gasteiger partial charge in [-0.15, -0.1) is 0 Å². The number of hydrogen-bond acceptors (Lipinski definition) is 2. The molecule has 0 spiro atoms. The van der Waals surface area contributed by atoms with Gasteiger partial charge in [0.05, 0.1) is 5.57 Å². The molecule has 122 valence electrons. The van der Waals surface area contributed by atoms with Crippen molar-refractivity contribution in [1.29, 1.82) is 0 Å². The third kappa shape index (κ3) is 3.08. The van der Waals surface area contributed by atoms with Gasteiger partial charge in [0.2, 0.25) is 0 Å². The number of ether oxygens (including phenoxy) is 1. The van der Waals surface area contributed by atoms with Gasteiger partial charge in [-0.2, -0.15) is 0 Å². The molecule has 0 aromatic heterocycles. The van der Waals surface area contributed by atoms with Crippen LogP contribution in [0.5, 0.6) is 0 Å². The van der Waals surface area contributed by atoms with Crippen LogP contribution in [0.2, 0.25) is 0 Å². The lowest BCUT2D eigenvalue weighted by atomic mass is 10.0. The van der Waals surface area contributed by atoms with Crippen molar-refractivity contribution in [3.63, 3.8) is 0 Å². The normalized spacial score (nSPS) is 14.8. The van der Waals surface area contributed by atoms with E-state index in [1.165, 1.54) is 11.0 Å². The second-order valence-electron chi connectivity index (χ2n) is 5.60. The van der Waals surface area contributed by atoms with E-state index in [1.807, 2.05) is 30.3 Å². The Morgan fingerprint density at radius 2 is 1.75 bits per heavy atom. The number of benzene rings is 2. The van der Waals surface area contributed by atoms with Gasteiger partial charge in [-0.25, -0.2) is 4.39 Å². The summed E-state index contributed by atoms with van der Waals surface area (Å²) >= 11 is 0. The lowest BCUT2D eigenvalue weighted by Gasteiger charge is -2.31. The van der Waals surface area contributed by atoms with Gasteiger partial charge in [0.25, 0.3) is 5.91 Å². The van der Waals surface area contributed by atoms with E-state index < -0.39 is 5.82 Å². The molecule has 0 saturated heterocycles. The lowest BCUT2D eigenvalue weighted by Crippen LogP contribution is -2.37. The van der Waals surface area contributed by atoms with Crippen molar-refractivity contribution < 1.29 is 13.9 Å². The van der Waals surface area contributed by atoms with Crippen LogP contribution in [0.15, 0.2) is 72.8 Å². The zero-order valence-electron chi connectivity index (χ0n) is 13.5. The molecular formula is C20H18FNO2. The van der Waals surface area contributed by atoms with Gasteiger partial charge in [-0.3, -0.25) is 9.69 Å². The molecule has 0 unspecified atom stereocenters.